The highest BCUT2D eigenvalue weighted by atomic mass is 32.2. The van der Waals surface area contributed by atoms with Gasteiger partial charge in [0.25, 0.3) is 11.8 Å². The number of rotatable bonds is 5. The zero-order valence-electron chi connectivity index (χ0n) is 19.4. The van der Waals surface area contributed by atoms with Crippen LogP contribution in [0, 0.1) is 0 Å². The Bertz CT molecular complexity index is 1300. The SMILES string of the molecule is CC1=C(C(=O)Nc2ccccc2)C(c2cccc(NC(=O)c3ccccc3)c2)N2CCCSC2=N1. The van der Waals surface area contributed by atoms with E-state index in [0.29, 0.717) is 22.5 Å². The normalized spacial score (nSPS) is 17.3. The first kappa shape index (κ1) is 22.9. The van der Waals surface area contributed by atoms with Crippen molar-refractivity contribution in [1.82, 2.24) is 4.90 Å². The lowest BCUT2D eigenvalue weighted by molar-refractivity contribution is -0.113. The number of hydrogen-bond acceptors (Lipinski definition) is 5. The van der Waals surface area contributed by atoms with E-state index in [0.717, 1.165) is 35.1 Å². The van der Waals surface area contributed by atoms with Crippen molar-refractivity contribution in [2.24, 2.45) is 4.99 Å². The molecule has 35 heavy (non-hydrogen) atoms. The molecule has 3 aromatic rings. The minimum Gasteiger partial charge on any atom is -0.340 e. The van der Waals surface area contributed by atoms with E-state index in [9.17, 15) is 9.59 Å². The summed E-state index contributed by atoms with van der Waals surface area (Å²) in [5.41, 5.74) is 4.28. The van der Waals surface area contributed by atoms with E-state index < -0.39 is 0 Å². The minimum atomic E-state index is -0.299. The Morgan fingerprint density at radius 1 is 0.886 bits per heavy atom. The maximum atomic E-state index is 13.5. The molecule has 0 aromatic heterocycles. The average molecular weight is 483 g/mol. The highest BCUT2D eigenvalue weighted by Gasteiger charge is 2.37. The number of hydrogen-bond donors (Lipinski definition) is 2. The first-order chi connectivity index (χ1) is 17.1. The molecule has 7 heteroatoms. The molecule has 0 radical (unpaired) electrons. The molecule has 0 bridgehead atoms. The van der Waals surface area contributed by atoms with Gasteiger partial charge in [-0.3, -0.25) is 9.59 Å². The molecule has 2 N–H and O–H groups in total. The molecular formula is C28H26N4O2S. The van der Waals surface area contributed by atoms with Crippen LogP contribution in [0.1, 0.15) is 35.3 Å². The van der Waals surface area contributed by atoms with Crippen LogP contribution >= 0.6 is 11.8 Å². The Morgan fingerprint density at radius 2 is 1.57 bits per heavy atom. The highest BCUT2D eigenvalue weighted by Crippen LogP contribution is 2.40. The zero-order valence-corrected chi connectivity index (χ0v) is 20.2. The third-order valence-electron chi connectivity index (χ3n) is 6.03. The van der Waals surface area contributed by atoms with E-state index in [1.807, 2.05) is 79.7 Å². The standard InChI is InChI=1S/C28H26N4O2S/c1-19-24(27(34)30-22-13-6-3-7-14-22)25(32-16-9-17-35-28(32)29-19)21-12-8-15-23(18-21)31-26(33)20-10-4-2-5-11-20/h2-8,10-15,18,25H,9,16-17H2,1H3,(H,30,34)(H,31,33). The van der Waals surface area contributed by atoms with Gasteiger partial charge in [-0.15, -0.1) is 0 Å². The summed E-state index contributed by atoms with van der Waals surface area (Å²) in [6.45, 7) is 2.71. The molecule has 0 spiro atoms. The Labute approximate surface area is 209 Å². The smallest absolute Gasteiger partial charge is 0.255 e. The van der Waals surface area contributed by atoms with Gasteiger partial charge in [0.05, 0.1) is 17.3 Å². The summed E-state index contributed by atoms with van der Waals surface area (Å²) in [5, 5.41) is 6.97. The van der Waals surface area contributed by atoms with Crippen LogP contribution in [0.25, 0.3) is 0 Å². The van der Waals surface area contributed by atoms with E-state index in [1.54, 1.807) is 23.9 Å². The van der Waals surface area contributed by atoms with Gasteiger partial charge in [-0.05, 0) is 55.3 Å². The second-order valence-corrected chi connectivity index (χ2v) is 9.52. The molecule has 2 aliphatic heterocycles. The van der Waals surface area contributed by atoms with Crippen molar-refractivity contribution in [3.8, 4) is 0 Å². The number of allylic oxidation sites excluding steroid dienone is 1. The zero-order chi connectivity index (χ0) is 24.2. The van der Waals surface area contributed by atoms with E-state index >= 15 is 0 Å². The summed E-state index contributed by atoms with van der Waals surface area (Å²) in [7, 11) is 0. The topological polar surface area (TPSA) is 73.8 Å². The number of nitrogens with one attached hydrogen (secondary N) is 2. The van der Waals surface area contributed by atoms with Gasteiger partial charge in [-0.2, -0.15) is 0 Å². The number of thioether (sulfide) groups is 1. The van der Waals surface area contributed by atoms with Crippen LogP contribution in [0.5, 0.6) is 0 Å². The van der Waals surface area contributed by atoms with E-state index in [-0.39, 0.29) is 17.9 Å². The lowest BCUT2D eigenvalue weighted by Crippen LogP contribution is -2.43. The summed E-state index contributed by atoms with van der Waals surface area (Å²) >= 11 is 1.72. The third-order valence-corrected chi connectivity index (χ3v) is 7.11. The summed E-state index contributed by atoms with van der Waals surface area (Å²) in [6.07, 6.45) is 1.01. The monoisotopic (exact) mass is 482 g/mol. The molecule has 1 fully saturated rings. The number of nitrogens with zero attached hydrogens (tertiary/aromatic N) is 2. The van der Waals surface area contributed by atoms with Gasteiger partial charge >= 0.3 is 0 Å². The summed E-state index contributed by atoms with van der Waals surface area (Å²) in [4.78, 5) is 33.3. The maximum absolute atomic E-state index is 13.5. The number of amidine groups is 1. The molecule has 3 aromatic carbocycles. The first-order valence-corrected chi connectivity index (χ1v) is 12.6. The molecular weight excluding hydrogens is 456 g/mol. The molecule has 6 nitrogen and oxygen atoms in total. The fraction of sp³-hybridized carbons (Fsp3) is 0.179. The number of amides is 2. The van der Waals surface area contributed by atoms with Gasteiger partial charge in [0.2, 0.25) is 0 Å². The van der Waals surface area contributed by atoms with Crippen molar-refractivity contribution in [2.75, 3.05) is 22.9 Å². The number of carbonyl (C=O) groups excluding carboxylic acids is 2. The minimum absolute atomic E-state index is 0.170. The summed E-state index contributed by atoms with van der Waals surface area (Å²) in [5.74, 6) is 0.667. The van der Waals surface area contributed by atoms with Crippen molar-refractivity contribution in [3.05, 3.63) is 107 Å². The first-order valence-electron chi connectivity index (χ1n) is 11.6. The van der Waals surface area contributed by atoms with Gasteiger partial charge in [0.1, 0.15) is 0 Å². The van der Waals surface area contributed by atoms with Gasteiger partial charge < -0.3 is 15.5 Å². The van der Waals surface area contributed by atoms with Crippen LogP contribution in [0.4, 0.5) is 11.4 Å². The molecule has 1 saturated heterocycles. The van der Waals surface area contributed by atoms with E-state index in [4.69, 9.17) is 4.99 Å². The quantitative estimate of drug-likeness (QED) is 0.489. The van der Waals surface area contributed by atoms with E-state index in [2.05, 4.69) is 15.5 Å². The molecule has 0 aliphatic carbocycles. The Hall–Kier alpha value is -3.84. The molecule has 1 atom stereocenters. The van der Waals surface area contributed by atoms with Gasteiger partial charge in [0.15, 0.2) is 5.17 Å². The number of carbonyl (C=O) groups is 2. The molecule has 176 valence electrons. The van der Waals surface area contributed by atoms with Crippen LogP contribution in [0.3, 0.4) is 0 Å². The number of aliphatic imine (C=N–C) groups is 1. The van der Waals surface area contributed by atoms with Crippen molar-refractivity contribution in [3.63, 3.8) is 0 Å². The van der Waals surface area contributed by atoms with Crippen LogP contribution < -0.4 is 10.6 Å². The predicted molar refractivity (Wildman–Crippen MR) is 143 cm³/mol. The average Bonchev–Trinajstić information content (AvgIpc) is 2.89. The van der Waals surface area contributed by atoms with Crippen LogP contribution in [0.15, 0.2) is 101 Å². The van der Waals surface area contributed by atoms with Crippen molar-refractivity contribution in [1.29, 1.82) is 0 Å². The third kappa shape index (κ3) is 5.00. The molecule has 1 unspecified atom stereocenters. The fourth-order valence-corrected chi connectivity index (χ4v) is 5.42. The Morgan fingerprint density at radius 3 is 2.34 bits per heavy atom. The van der Waals surface area contributed by atoms with Crippen molar-refractivity contribution >= 4 is 40.1 Å². The summed E-state index contributed by atoms with van der Waals surface area (Å²) < 4.78 is 0. The van der Waals surface area contributed by atoms with Crippen molar-refractivity contribution in [2.45, 2.75) is 19.4 Å². The van der Waals surface area contributed by atoms with Crippen molar-refractivity contribution < 1.29 is 9.59 Å². The fourth-order valence-electron chi connectivity index (χ4n) is 4.40. The van der Waals surface area contributed by atoms with E-state index in [1.165, 1.54) is 0 Å². The lowest BCUT2D eigenvalue weighted by Gasteiger charge is -2.41. The van der Waals surface area contributed by atoms with Crippen LogP contribution in [0.2, 0.25) is 0 Å². The number of para-hydroxylation sites is 1. The largest absolute Gasteiger partial charge is 0.340 e. The van der Waals surface area contributed by atoms with Gasteiger partial charge in [-0.1, -0.05) is 60.3 Å². The van der Waals surface area contributed by atoms with Crippen LogP contribution in [-0.2, 0) is 4.79 Å². The molecule has 2 amide bonds. The summed E-state index contributed by atoms with van der Waals surface area (Å²) in [6, 6.07) is 26.0. The van der Waals surface area contributed by atoms with Crippen LogP contribution in [-0.4, -0.2) is 34.2 Å². The highest BCUT2D eigenvalue weighted by molar-refractivity contribution is 8.13. The second-order valence-electron chi connectivity index (χ2n) is 8.46. The van der Waals surface area contributed by atoms with Gasteiger partial charge in [-0.25, -0.2) is 4.99 Å². The lowest BCUT2D eigenvalue weighted by atomic mass is 9.93. The van der Waals surface area contributed by atoms with Gasteiger partial charge in [0, 0.05) is 29.2 Å². The molecule has 2 aliphatic rings. The predicted octanol–water partition coefficient (Wildman–Crippen LogP) is 5.70. The molecule has 0 saturated carbocycles. The number of benzene rings is 3. The number of anilines is 2. The maximum Gasteiger partial charge on any atom is 0.255 e. The molecule has 2 heterocycles. The molecule has 5 rings (SSSR count). The second kappa shape index (κ2) is 10.2. The Balaban J connectivity index is 1.49. The Kier molecular flexibility index (Phi) is 6.68. The number of fused-ring (bicyclic) bond motifs is 1.